The third-order valence-electron chi connectivity index (χ3n) is 5.30. The molecule has 2 amide bonds. The van der Waals surface area contributed by atoms with Crippen LogP contribution in [0.2, 0.25) is 0 Å². The van der Waals surface area contributed by atoms with Gasteiger partial charge in [-0.15, -0.1) is 11.8 Å². The number of carbonyl (C=O) groups is 1. The monoisotopic (exact) mass is 438 g/mol. The number of aromatic nitrogens is 2. The maximum atomic E-state index is 12.9. The first-order valence-corrected chi connectivity index (χ1v) is 11.3. The summed E-state index contributed by atoms with van der Waals surface area (Å²) in [5.74, 6) is 1.34. The van der Waals surface area contributed by atoms with Gasteiger partial charge in [0.05, 0.1) is 32.2 Å². The summed E-state index contributed by atoms with van der Waals surface area (Å²) in [6.07, 6.45) is 2.87. The van der Waals surface area contributed by atoms with E-state index >= 15 is 0 Å². The van der Waals surface area contributed by atoms with Crippen molar-refractivity contribution in [3.05, 3.63) is 54.2 Å². The van der Waals surface area contributed by atoms with E-state index in [1.165, 1.54) is 0 Å². The molecule has 2 aromatic carbocycles. The highest BCUT2D eigenvalue weighted by Gasteiger charge is 2.21. The van der Waals surface area contributed by atoms with Gasteiger partial charge in [-0.3, -0.25) is 4.68 Å². The molecule has 7 nitrogen and oxygen atoms in total. The SMILES string of the molecule is COc1ccc(-c2cc3n(n2)CCCN(C(=O)Nc2cccc(SC)c2)C3)cc1OC. The molecule has 3 aromatic rings. The van der Waals surface area contributed by atoms with Crippen molar-refractivity contribution in [2.24, 2.45) is 0 Å². The first-order chi connectivity index (χ1) is 15.1. The Bertz CT molecular complexity index is 1080. The summed E-state index contributed by atoms with van der Waals surface area (Å²) in [5.41, 5.74) is 3.62. The third-order valence-corrected chi connectivity index (χ3v) is 6.03. The standard InChI is InChI=1S/C23H26N4O3S/c1-29-21-9-8-16(12-22(21)30-2)20-14-18-15-26(10-5-11-27(18)25-20)23(28)24-17-6-4-7-19(13-17)31-3/h4,6-9,12-14H,5,10-11,15H2,1-3H3,(H,24,28). The molecular formula is C23H26N4O3S. The van der Waals surface area contributed by atoms with Crippen molar-refractivity contribution in [2.75, 3.05) is 32.3 Å². The van der Waals surface area contributed by atoms with Gasteiger partial charge in [-0.25, -0.2) is 4.79 Å². The van der Waals surface area contributed by atoms with Crippen molar-refractivity contribution in [3.8, 4) is 22.8 Å². The van der Waals surface area contributed by atoms with Gasteiger partial charge < -0.3 is 19.7 Å². The van der Waals surface area contributed by atoms with E-state index in [1.807, 2.05) is 64.4 Å². The molecule has 0 fully saturated rings. The number of fused-ring (bicyclic) bond motifs is 1. The summed E-state index contributed by atoms with van der Waals surface area (Å²) in [6.45, 7) is 1.96. The van der Waals surface area contributed by atoms with Crippen molar-refractivity contribution in [3.63, 3.8) is 0 Å². The van der Waals surface area contributed by atoms with Crippen LogP contribution in [0.25, 0.3) is 11.3 Å². The Hall–Kier alpha value is -3.13. The number of ether oxygens (including phenoxy) is 2. The van der Waals surface area contributed by atoms with E-state index in [9.17, 15) is 4.79 Å². The molecule has 31 heavy (non-hydrogen) atoms. The fraction of sp³-hybridized carbons (Fsp3) is 0.304. The van der Waals surface area contributed by atoms with Gasteiger partial charge in [0, 0.05) is 29.2 Å². The van der Waals surface area contributed by atoms with E-state index in [0.29, 0.717) is 24.6 Å². The highest BCUT2D eigenvalue weighted by Crippen LogP contribution is 2.32. The minimum absolute atomic E-state index is 0.0967. The summed E-state index contributed by atoms with van der Waals surface area (Å²) in [6, 6.07) is 15.6. The minimum Gasteiger partial charge on any atom is -0.493 e. The molecule has 0 unspecified atom stereocenters. The third kappa shape index (κ3) is 4.64. The van der Waals surface area contributed by atoms with Gasteiger partial charge in [-0.2, -0.15) is 5.10 Å². The molecule has 1 N–H and O–H groups in total. The molecule has 0 bridgehead atoms. The molecule has 0 radical (unpaired) electrons. The maximum Gasteiger partial charge on any atom is 0.322 e. The van der Waals surface area contributed by atoms with E-state index < -0.39 is 0 Å². The predicted molar refractivity (Wildman–Crippen MR) is 123 cm³/mol. The molecule has 4 rings (SSSR count). The molecule has 1 aliphatic heterocycles. The Balaban J connectivity index is 1.52. The number of hydrogen-bond donors (Lipinski definition) is 1. The fourth-order valence-electron chi connectivity index (χ4n) is 3.68. The quantitative estimate of drug-likeness (QED) is 0.584. The molecule has 0 spiro atoms. The van der Waals surface area contributed by atoms with Crippen LogP contribution in [0.15, 0.2) is 53.4 Å². The first kappa shape index (κ1) is 21.1. The van der Waals surface area contributed by atoms with Crippen LogP contribution < -0.4 is 14.8 Å². The van der Waals surface area contributed by atoms with Crippen molar-refractivity contribution in [1.82, 2.24) is 14.7 Å². The molecule has 0 saturated heterocycles. The Morgan fingerprint density at radius 2 is 1.90 bits per heavy atom. The zero-order chi connectivity index (χ0) is 21.8. The van der Waals surface area contributed by atoms with Crippen molar-refractivity contribution < 1.29 is 14.3 Å². The summed E-state index contributed by atoms with van der Waals surface area (Å²) in [4.78, 5) is 15.9. The lowest BCUT2D eigenvalue weighted by atomic mass is 10.1. The van der Waals surface area contributed by atoms with Crippen molar-refractivity contribution >= 4 is 23.5 Å². The second kappa shape index (κ2) is 9.34. The van der Waals surface area contributed by atoms with Crippen molar-refractivity contribution in [2.45, 2.75) is 24.4 Å². The average molecular weight is 439 g/mol. The van der Waals surface area contributed by atoms with Crippen LogP contribution in [-0.2, 0) is 13.1 Å². The molecule has 0 atom stereocenters. The van der Waals surface area contributed by atoms with Gasteiger partial charge in [-0.05, 0) is 55.1 Å². The predicted octanol–water partition coefficient (Wildman–Crippen LogP) is 4.73. The first-order valence-electron chi connectivity index (χ1n) is 10.1. The number of thioether (sulfide) groups is 1. The lowest BCUT2D eigenvalue weighted by Gasteiger charge is -2.20. The number of nitrogens with one attached hydrogen (secondary N) is 1. The number of amides is 2. The molecular weight excluding hydrogens is 412 g/mol. The van der Waals surface area contributed by atoms with Gasteiger partial charge in [0.1, 0.15) is 0 Å². The van der Waals surface area contributed by atoms with Crippen molar-refractivity contribution in [1.29, 1.82) is 0 Å². The number of hydrogen-bond acceptors (Lipinski definition) is 5. The van der Waals surface area contributed by atoms with E-state index in [-0.39, 0.29) is 6.03 Å². The van der Waals surface area contributed by atoms with E-state index in [4.69, 9.17) is 14.6 Å². The number of anilines is 1. The van der Waals surface area contributed by atoms with Crippen LogP contribution in [0.3, 0.4) is 0 Å². The second-order valence-corrected chi connectivity index (χ2v) is 8.13. The van der Waals surface area contributed by atoms with Crippen LogP contribution in [-0.4, -0.2) is 47.7 Å². The Morgan fingerprint density at radius 3 is 2.68 bits per heavy atom. The lowest BCUT2D eigenvalue weighted by Crippen LogP contribution is -2.34. The molecule has 162 valence electrons. The van der Waals surface area contributed by atoms with Crippen LogP contribution in [0.1, 0.15) is 12.1 Å². The molecule has 0 aliphatic carbocycles. The van der Waals surface area contributed by atoms with E-state index in [1.54, 1.807) is 26.0 Å². The summed E-state index contributed by atoms with van der Waals surface area (Å²) in [5, 5.41) is 7.80. The number of rotatable bonds is 5. The number of benzene rings is 2. The molecule has 1 aliphatic rings. The van der Waals surface area contributed by atoms with E-state index in [0.717, 1.165) is 40.5 Å². The zero-order valence-corrected chi connectivity index (χ0v) is 18.7. The van der Waals surface area contributed by atoms with Gasteiger partial charge in [0.2, 0.25) is 0 Å². The van der Waals surface area contributed by atoms with E-state index in [2.05, 4.69) is 5.32 Å². The fourth-order valence-corrected chi connectivity index (χ4v) is 4.14. The number of carbonyl (C=O) groups excluding carboxylic acids is 1. The maximum absolute atomic E-state index is 12.9. The highest BCUT2D eigenvalue weighted by atomic mass is 32.2. The Labute approximate surface area is 186 Å². The minimum atomic E-state index is -0.0967. The Morgan fingerprint density at radius 1 is 1.06 bits per heavy atom. The van der Waals surface area contributed by atoms with Crippen LogP contribution in [0.4, 0.5) is 10.5 Å². The number of aryl methyl sites for hydroxylation is 1. The number of urea groups is 1. The average Bonchev–Trinajstić information content (AvgIpc) is 3.09. The molecule has 8 heteroatoms. The van der Waals surface area contributed by atoms with Crippen LogP contribution in [0.5, 0.6) is 11.5 Å². The summed E-state index contributed by atoms with van der Waals surface area (Å²) >= 11 is 1.65. The number of methoxy groups -OCH3 is 2. The van der Waals surface area contributed by atoms with Gasteiger partial charge in [0.25, 0.3) is 0 Å². The highest BCUT2D eigenvalue weighted by molar-refractivity contribution is 7.98. The normalized spacial score (nSPS) is 13.3. The zero-order valence-electron chi connectivity index (χ0n) is 17.9. The number of nitrogens with zero attached hydrogens (tertiary/aromatic N) is 3. The smallest absolute Gasteiger partial charge is 0.322 e. The Kier molecular flexibility index (Phi) is 6.36. The second-order valence-electron chi connectivity index (χ2n) is 7.25. The summed E-state index contributed by atoms with van der Waals surface area (Å²) in [7, 11) is 3.24. The molecule has 2 heterocycles. The van der Waals surface area contributed by atoms with Crippen LogP contribution in [0, 0.1) is 0 Å². The molecule has 0 saturated carbocycles. The van der Waals surface area contributed by atoms with Gasteiger partial charge in [0.15, 0.2) is 11.5 Å². The lowest BCUT2D eigenvalue weighted by molar-refractivity contribution is 0.210. The van der Waals surface area contributed by atoms with Gasteiger partial charge in [-0.1, -0.05) is 6.07 Å². The van der Waals surface area contributed by atoms with Crippen LogP contribution >= 0.6 is 11.8 Å². The molecule has 1 aromatic heterocycles. The largest absolute Gasteiger partial charge is 0.493 e. The van der Waals surface area contributed by atoms with Gasteiger partial charge >= 0.3 is 6.03 Å². The summed E-state index contributed by atoms with van der Waals surface area (Å²) < 4.78 is 12.7. The topological polar surface area (TPSA) is 68.6 Å².